The molecule has 0 saturated heterocycles. The number of nitrogens with zero attached hydrogens (tertiary/aromatic N) is 2. The molecule has 2 aromatic rings. The largest absolute Gasteiger partial charge is 0.487 e. The Bertz CT molecular complexity index is 557. The Hall–Kier alpha value is -2.32. The van der Waals surface area contributed by atoms with E-state index in [-0.39, 0.29) is 0 Å². The van der Waals surface area contributed by atoms with Crippen LogP contribution in [0.25, 0.3) is 0 Å². The van der Waals surface area contributed by atoms with Crippen molar-refractivity contribution in [3.8, 4) is 11.8 Å². The van der Waals surface area contributed by atoms with Gasteiger partial charge in [-0.2, -0.15) is 5.26 Å². The summed E-state index contributed by atoms with van der Waals surface area (Å²) in [6, 6.07) is 10.8. The summed E-state index contributed by atoms with van der Waals surface area (Å²) in [4.78, 5) is 0. The quantitative estimate of drug-likeness (QED) is 0.807. The molecule has 18 heavy (non-hydrogen) atoms. The summed E-state index contributed by atoms with van der Waals surface area (Å²) in [5.41, 5.74) is 1.25. The van der Waals surface area contributed by atoms with E-state index in [1.807, 2.05) is 0 Å². The zero-order valence-corrected chi connectivity index (χ0v) is 9.92. The smallest absolute Gasteiger partial charge is 0.162 e. The molecule has 0 aliphatic carbocycles. The van der Waals surface area contributed by atoms with Gasteiger partial charge in [-0.05, 0) is 18.2 Å². The van der Waals surface area contributed by atoms with Crippen LogP contribution in [0.3, 0.4) is 0 Å². The molecule has 0 N–H and O–H groups in total. The molecule has 0 radical (unpaired) electrons. The third-order valence-electron chi connectivity index (χ3n) is 2.24. The number of hydrogen-bond donors (Lipinski definition) is 0. The average molecular weight is 244 g/mol. The van der Waals surface area contributed by atoms with E-state index in [9.17, 15) is 0 Å². The molecule has 0 spiro atoms. The fraction of sp³-hybridized carbons (Fsp3) is 0.231. The molecule has 5 heteroatoms. The van der Waals surface area contributed by atoms with Crippen molar-refractivity contribution in [2.45, 2.75) is 13.2 Å². The van der Waals surface area contributed by atoms with Gasteiger partial charge in [0, 0.05) is 13.2 Å². The summed E-state index contributed by atoms with van der Waals surface area (Å²) < 4.78 is 15.5. The molecule has 2 rings (SSSR count). The van der Waals surface area contributed by atoms with Crippen LogP contribution in [0.2, 0.25) is 0 Å². The lowest BCUT2D eigenvalue weighted by molar-refractivity contribution is 0.155. The fourth-order valence-electron chi connectivity index (χ4n) is 1.45. The highest BCUT2D eigenvalue weighted by molar-refractivity contribution is 5.36. The molecular weight excluding hydrogens is 232 g/mol. The molecule has 5 nitrogen and oxygen atoms in total. The van der Waals surface area contributed by atoms with E-state index >= 15 is 0 Å². The summed E-state index contributed by atoms with van der Waals surface area (Å²) in [7, 11) is 1.59. The van der Waals surface area contributed by atoms with E-state index in [1.165, 1.54) is 0 Å². The Balaban J connectivity index is 1.96. The SMILES string of the molecule is COCc1cc(COc2cccc(C#N)c2)no1. The maximum Gasteiger partial charge on any atom is 0.162 e. The van der Waals surface area contributed by atoms with Crippen LogP contribution in [0.1, 0.15) is 17.0 Å². The number of methoxy groups -OCH3 is 1. The maximum absolute atomic E-state index is 8.76. The highest BCUT2D eigenvalue weighted by Crippen LogP contribution is 2.14. The van der Waals surface area contributed by atoms with Gasteiger partial charge in [0.05, 0.1) is 11.6 Å². The van der Waals surface area contributed by atoms with Crippen LogP contribution in [0, 0.1) is 11.3 Å². The number of aromatic nitrogens is 1. The number of rotatable bonds is 5. The van der Waals surface area contributed by atoms with Gasteiger partial charge in [-0.1, -0.05) is 11.2 Å². The number of ether oxygens (including phenoxy) is 2. The zero-order chi connectivity index (χ0) is 12.8. The molecule has 0 unspecified atom stereocenters. The first-order valence-corrected chi connectivity index (χ1v) is 5.38. The predicted octanol–water partition coefficient (Wildman–Crippen LogP) is 2.27. The van der Waals surface area contributed by atoms with Gasteiger partial charge in [-0.25, -0.2) is 0 Å². The number of nitriles is 1. The Morgan fingerprint density at radius 1 is 1.33 bits per heavy atom. The van der Waals surface area contributed by atoms with Gasteiger partial charge >= 0.3 is 0 Å². The van der Waals surface area contributed by atoms with Crippen molar-refractivity contribution in [2.24, 2.45) is 0 Å². The number of hydrogen-bond acceptors (Lipinski definition) is 5. The van der Waals surface area contributed by atoms with Crippen molar-refractivity contribution >= 4 is 0 Å². The van der Waals surface area contributed by atoms with Crippen molar-refractivity contribution in [2.75, 3.05) is 7.11 Å². The normalized spacial score (nSPS) is 10.0. The first kappa shape index (κ1) is 12.1. The second-order valence-electron chi connectivity index (χ2n) is 3.65. The lowest BCUT2D eigenvalue weighted by atomic mass is 10.2. The highest BCUT2D eigenvalue weighted by Gasteiger charge is 2.04. The Labute approximate surface area is 105 Å². The molecule has 0 amide bonds. The molecular formula is C13H12N2O3. The standard InChI is InChI=1S/C13H12N2O3/c1-16-9-13-6-11(15-18-13)8-17-12-4-2-3-10(5-12)7-14/h2-6H,8-9H2,1H3. The van der Waals surface area contributed by atoms with Gasteiger partial charge in [0.25, 0.3) is 0 Å². The molecule has 0 atom stereocenters. The van der Waals surface area contributed by atoms with E-state index in [0.29, 0.717) is 36.0 Å². The minimum Gasteiger partial charge on any atom is -0.487 e. The van der Waals surface area contributed by atoms with Gasteiger partial charge < -0.3 is 14.0 Å². The zero-order valence-electron chi connectivity index (χ0n) is 9.92. The second-order valence-corrected chi connectivity index (χ2v) is 3.65. The number of benzene rings is 1. The van der Waals surface area contributed by atoms with Crippen LogP contribution < -0.4 is 4.74 Å². The van der Waals surface area contributed by atoms with Crippen LogP contribution in [-0.2, 0) is 18.0 Å². The van der Waals surface area contributed by atoms with Crippen LogP contribution in [-0.4, -0.2) is 12.3 Å². The predicted molar refractivity (Wildman–Crippen MR) is 62.7 cm³/mol. The van der Waals surface area contributed by atoms with Crippen molar-refractivity contribution in [1.82, 2.24) is 5.16 Å². The molecule has 0 bridgehead atoms. The van der Waals surface area contributed by atoms with Crippen molar-refractivity contribution in [3.05, 3.63) is 47.3 Å². The molecule has 0 aliphatic heterocycles. The van der Waals surface area contributed by atoms with E-state index in [0.717, 1.165) is 0 Å². The first-order valence-electron chi connectivity index (χ1n) is 5.38. The van der Waals surface area contributed by atoms with E-state index < -0.39 is 0 Å². The monoisotopic (exact) mass is 244 g/mol. The lowest BCUT2D eigenvalue weighted by Gasteiger charge is -2.03. The molecule has 1 aromatic carbocycles. The van der Waals surface area contributed by atoms with Crippen molar-refractivity contribution in [3.63, 3.8) is 0 Å². The Morgan fingerprint density at radius 2 is 2.22 bits per heavy atom. The van der Waals surface area contributed by atoms with Gasteiger partial charge in [-0.15, -0.1) is 0 Å². The lowest BCUT2D eigenvalue weighted by Crippen LogP contribution is -1.95. The van der Waals surface area contributed by atoms with Crippen molar-refractivity contribution in [1.29, 1.82) is 5.26 Å². The molecule has 1 aromatic heterocycles. The van der Waals surface area contributed by atoms with Crippen LogP contribution in [0.5, 0.6) is 5.75 Å². The first-order chi connectivity index (χ1) is 8.81. The van der Waals surface area contributed by atoms with Gasteiger partial charge in [0.15, 0.2) is 5.76 Å². The molecule has 0 fully saturated rings. The van der Waals surface area contributed by atoms with E-state index in [4.69, 9.17) is 19.3 Å². The molecule has 0 aliphatic rings. The van der Waals surface area contributed by atoms with Gasteiger partial charge in [-0.3, -0.25) is 0 Å². The third kappa shape index (κ3) is 3.09. The van der Waals surface area contributed by atoms with Crippen molar-refractivity contribution < 1.29 is 14.0 Å². The highest BCUT2D eigenvalue weighted by atomic mass is 16.5. The Kier molecular flexibility index (Phi) is 3.94. The van der Waals surface area contributed by atoms with Gasteiger partial charge in [0.1, 0.15) is 24.7 Å². The summed E-state index contributed by atoms with van der Waals surface area (Å²) in [6.45, 7) is 0.680. The topological polar surface area (TPSA) is 68.3 Å². The summed E-state index contributed by atoms with van der Waals surface area (Å²) in [6.07, 6.45) is 0. The summed E-state index contributed by atoms with van der Waals surface area (Å²) in [5.74, 6) is 1.28. The minimum atomic E-state index is 0.294. The summed E-state index contributed by atoms with van der Waals surface area (Å²) in [5, 5.41) is 12.6. The van der Waals surface area contributed by atoms with Gasteiger partial charge in [0.2, 0.25) is 0 Å². The van der Waals surface area contributed by atoms with E-state index in [1.54, 1.807) is 37.4 Å². The van der Waals surface area contributed by atoms with E-state index in [2.05, 4.69) is 11.2 Å². The maximum atomic E-state index is 8.76. The molecule has 1 heterocycles. The molecule has 92 valence electrons. The minimum absolute atomic E-state index is 0.294. The van der Waals surface area contributed by atoms with Crippen LogP contribution in [0.4, 0.5) is 0 Å². The fourth-order valence-corrected chi connectivity index (χ4v) is 1.45. The average Bonchev–Trinajstić information content (AvgIpc) is 2.85. The molecule has 0 saturated carbocycles. The van der Waals surface area contributed by atoms with Crippen LogP contribution >= 0.6 is 0 Å². The Morgan fingerprint density at radius 3 is 3.00 bits per heavy atom. The second kappa shape index (κ2) is 5.84. The summed E-state index contributed by atoms with van der Waals surface area (Å²) >= 11 is 0. The third-order valence-corrected chi connectivity index (χ3v) is 2.24. The van der Waals surface area contributed by atoms with Crippen LogP contribution in [0.15, 0.2) is 34.9 Å².